The molecule has 0 aliphatic heterocycles. The molecule has 1 aromatic carbocycles. The smallest absolute Gasteiger partial charge is 0.224 e. The Labute approximate surface area is 102 Å². The van der Waals surface area contributed by atoms with Crippen LogP contribution in [-0.4, -0.2) is 17.6 Å². The van der Waals surface area contributed by atoms with Gasteiger partial charge in [-0.05, 0) is 49.3 Å². The number of benzene rings is 1. The number of aliphatic hydroxyl groups excluding tert-OH is 1. The van der Waals surface area contributed by atoms with E-state index in [-0.39, 0.29) is 12.5 Å². The van der Waals surface area contributed by atoms with E-state index in [4.69, 9.17) is 5.11 Å². The van der Waals surface area contributed by atoms with Gasteiger partial charge in [0.25, 0.3) is 0 Å². The zero-order valence-corrected chi connectivity index (χ0v) is 10.0. The summed E-state index contributed by atoms with van der Waals surface area (Å²) >= 11 is 0. The molecule has 0 bridgehead atoms. The SMILES string of the molecule is O=C(CCCO)Nc1cccc2c1CCCC2. The maximum Gasteiger partial charge on any atom is 0.224 e. The third-order valence-corrected chi connectivity index (χ3v) is 3.23. The molecule has 17 heavy (non-hydrogen) atoms. The van der Waals surface area contributed by atoms with Gasteiger partial charge in [0.2, 0.25) is 5.91 Å². The molecule has 3 heteroatoms. The number of aliphatic hydroxyl groups is 1. The summed E-state index contributed by atoms with van der Waals surface area (Å²) < 4.78 is 0. The van der Waals surface area contributed by atoms with Crippen molar-refractivity contribution in [1.82, 2.24) is 0 Å². The maximum atomic E-state index is 11.6. The second kappa shape index (κ2) is 5.82. The van der Waals surface area contributed by atoms with E-state index >= 15 is 0 Å². The first-order valence-corrected chi connectivity index (χ1v) is 6.33. The summed E-state index contributed by atoms with van der Waals surface area (Å²) in [7, 11) is 0. The van der Waals surface area contributed by atoms with Crippen molar-refractivity contribution >= 4 is 11.6 Å². The van der Waals surface area contributed by atoms with Gasteiger partial charge in [-0.1, -0.05) is 12.1 Å². The third-order valence-electron chi connectivity index (χ3n) is 3.23. The van der Waals surface area contributed by atoms with E-state index in [2.05, 4.69) is 11.4 Å². The Morgan fingerprint density at radius 1 is 1.29 bits per heavy atom. The number of rotatable bonds is 4. The minimum Gasteiger partial charge on any atom is -0.396 e. The Hall–Kier alpha value is -1.35. The molecule has 92 valence electrons. The van der Waals surface area contributed by atoms with Crippen LogP contribution in [0.1, 0.15) is 36.8 Å². The van der Waals surface area contributed by atoms with Crippen LogP contribution < -0.4 is 5.32 Å². The molecule has 1 amide bonds. The second-order valence-corrected chi connectivity index (χ2v) is 4.53. The molecule has 0 atom stereocenters. The molecular formula is C14H19NO2. The van der Waals surface area contributed by atoms with Gasteiger partial charge in [0.1, 0.15) is 0 Å². The predicted molar refractivity (Wildman–Crippen MR) is 68.0 cm³/mol. The molecule has 1 aliphatic carbocycles. The normalized spacial score (nSPS) is 14.2. The van der Waals surface area contributed by atoms with Crippen LogP contribution in [0.2, 0.25) is 0 Å². The van der Waals surface area contributed by atoms with E-state index < -0.39 is 0 Å². The van der Waals surface area contributed by atoms with Gasteiger partial charge in [0, 0.05) is 18.7 Å². The van der Waals surface area contributed by atoms with Crippen molar-refractivity contribution in [1.29, 1.82) is 0 Å². The molecule has 1 aliphatic rings. The van der Waals surface area contributed by atoms with Crippen LogP contribution in [-0.2, 0) is 17.6 Å². The van der Waals surface area contributed by atoms with Crippen LogP contribution in [0.25, 0.3) is 0 Å². The van der Waals surface area contributed by atoms with Gasteiger partial charge in [-0.3, -0.25) is 4.79 Å². The Kier molecular flexibility index (Phi) is 4.15. The summed E-state index contributed by atoms with van der Waals surface area (Å²) in [5.41, 5.74) is 3.64. The Balaban J connectivity index is 2.08. The highest BCUT2D eigenvalue weighted by Gasteiger charge is 2.13. The number of carbonyl (C=O) groups excluding carboxylic acids is 1. The molecule has 2 rings (SSSR count). The number of hydrogen-bond acceptors (Lipinski definition) is 2. The highest BCUT2D eigenvalue weighted by Crippen LogP contribution is 2.27. The quantitative estimate of drug-likeness (QED) is 0.838. The number of aryl methyl sites for hydroxylation is 1. The number of carbonyl (C=O) groups is 1. The van der Waals surface area contributed by atoms with Gasteiger partial charge in [-0.25, -0.2) is 0 Å². The molecule has 0 saturated carbocycles. The zero-order valence-electron chi connectivity index (χ0n) is 10.0. The van der Waals surface area contributed by atoms with Gasteiger partial charge < -0.3 is 10.4 Å². The molecule has 3 nitrogen and oxygen atoms in total. The number of hydrogen-bond donors (Lipinski definition) is 2. The van der Waals surface area contributed by atoms with Crippen molar-refractivity contribution in [3.8, 4) is 0 Å². The molecule has 0 fully saturated rings. The van der Waals surface area contributed by atoms with Gasteiger partial charge in [0.05, 0.1) is 0 Å². The summed E-state index contributed by atoms with van der Waals surface area (Å²) in [5.74, 6) is -0.00183. The first kappa shape index (κ1) is 12.1. The van der Waals surface area contributed by atoms with E-state index in [1.165, 1.54) is 24.0 Å². The molecule has 2 N–H and O–H groups in total. The summed E-state index contributed by atoms with van der Waals surface area (Å²) in [6, 6.07) is 6.13. The van der Waals surface area contributed by atoms with E-state index in [0.29, 0.717) is 12.8 Å². The van der Waals surface area contributed by atoms with E-state index in [0.717, 1.165) is 18.5 Å². The minimum absolute atomic E-state index is 0.00183. The lowest BCUT2D eigenvalue weighted by Crippen LogP contribution is -2.15. The highest BCUT2D eigenvalue weighted by atomic mass is 16.3. The standard InChI is InChI=1S/C14H19NO2/c16-10-4-9-14(17)15-13-8-3-6-11-5-1-2-7-12(11)13/h3,6,8,16H,1-2,4-5,7,9-10H2,(H,15,17). The average molecular weight is 233 g/mol. The number of fused-ring (bicyclic) bond motifs is 1. The van der Waals surface area contributed by atoms with Crippen LogP contribution in [0, 0.1) is 0 Å². The molecule has 0 radical (unpaired) electrons. The predicted octanol–water partition coefficient (Wildman–Crippen LogP) is 2.28. The number of amides is 1. The number of anilines is 1. The van der Waals surface area contributed by atoms with Gasteiger partial charge >= 0.3 is 0 Å². The third kappa shape index (κ3) is 3.07. The van der Waals surface area contributed by atoms with Crippen molar-refractivity contribution in [2.75, 3.05) is 11.9 Å². The largest absolute Gasteiger partial charge is 0.396 e. The van der Waals surface area contributed by atoms with E-state index in [9.17, 15) is 4.79 Å². The first-order chi connectivity index (χ1) is 8.31. The van der Waals surface area contributed by atoms with Crippen LogP contribution in [0.3, 0.4) is 0 Å². The van der Waals surface area contributed by atoms with E-state index in [1.807, 2.05) is 12.1 Å². The lowest BCUT2D eigenvalue weighted by atomic mass is 9.90. The average Bonchev–Trinajstić information content (AvgIpc) is 2.37. The van der Waals surface area contributed by atoms with Crippen LogP contribution >= 0.6 is 0 Å². The molecule has 0 heterocycles. The van der Waals surface area contributed by atoms with Gasteiger partial charge in [0.15, 0.2) is 0 Å². The Morgan fingerprint density at radius 3 is 2.94 bits per heavy atom. The summed E-state index contributed by atoms with van der Waals surface area (Å²) in [4.78, 5) is 11.6. The minimum atomic E-state index is -0.00183. The highest BCUT2D eigenvalue weighted by molar-refractivity contribution is 5.91. The van der Waals surface area contributed by atoms with E-state index in [1.54, 1.807) is 0 Å². The van der Waals surface area contributed by atoms with Crippen molar-refractivity contribution in [3.05, 3.63) is 29.3 Å². The Bertz CT molecular complexity index is 401. The fraction of sp³-hybridized carbons (Fsp3) is 0.500. The molecule has 1 aromatic rings. The topological polar surface area (TPSA) is 49.3 Å². The maximum absolute atomic E-state index is 11.6. The lowest BCUT2D eigenvalue weighted by Gasteiger charge is -2.19. The monoisotopic (exact) mass is 233 g/mol. The second-order valence-electron chi connectivity index (χ2n) is 4.53. The summed E-state index contributed by atoms with van der Waals surface area (Å²) in [6.07, 6.45) is 5.55. The van der Waals surface area contributed by atoms with Gasteiger partial charge in [-0.2, -0.15) is 0 Å². The fourth-order valence-electron chi connectivity index (χ4n) is 2.35. The molecule has 0 aromatic heterocycles. The summed E-state index contributed by atoms with van der Waals surface area (Å²) in [5, 5.41) is 11.6. The first-order valence-electron chi connectivity index (χ1n) is 6.33. The molecule has 0 saturated heterocycles. The van der Waals surface area contributed by atoms with Crippen LogP contribution in [0.15, 0.2) is 18.2 Å². The summed E-state index contributed by atoms with van der Waals surface area (Å²) in [6.45, 7) is 0.0698. The van der Waals surface area contributed by atoms with Gasteiger partial charge in [-0.15, -0.1) is 0 Å². The lowest BCUT2D eigenvalue weighted by molar-refractivity contribution is -0.116. The molecule has 0 unspecified atom stereocenters. The van der Waals surface area contributed by atoms with Crippen LogP contribution in [0.5, 0.6) is 0 Å². The Morgan fingerprint density at radius 2 is 2.12 bits per heavy atom. The van der Waals surface area contributed by atoms with Crippen LogP contribution in [0.4, 0.5) is 5.69 Å². The fourth-order valence-corrected chi connectivity index (χ4v) is 2.35. The zero-order chi connectivity index (χ0) is 12.1. The molecule has 0 spiro atoms. The van der Waals surface area contributed by atoms with Crippen molar-refractivity contribution in [2.24, 2.45) is 0 Å². The van der Waals surface area contributed by atoms with Crippen molar-refractivity contribution in [2.45, 2.75) is 38.5 Å². The number of nitrogens with one attached hydrogen (secondary N) is 1. The van der Waals surface area contributed by atoms with Crippen molar-refractivity contribution < 1.29 is 9.90 Å². The molecular weight excluding hydrogens is 214 g/mol. The van der Waals surface area contributed by atoms with Crippen molar-refractivity contribution in [3.63, 3.8) is 0 Å².